The predicted octanol–water partition coefficient (Wildman–Crippen LogP) is 2.67. The Morgan fingerprint density at radius 2 is 2.00 bits per heavy atom. The van der Waals surface area contributed by atoms with Crippen molar-refractivity contribution in [3.05, 3.63) is 35.6 Å². The van der Waals surface area contributed by atoms with Crippen LogP contribution in [0.2, 0.25) is 0 Å². The molecule has 0 spiro atoms. The SMILES string of the molecule is CSCC(C)NCc1ccc(F)cc1. The van der Waals surface area contributed by atoms with Crippen LogP contribution in [0, 0.1) is 5.82 Å². The molecule has 1 aromatic rings. The quantitative estimate of drug-likeness (QED) is 0.807. The second-order valence-electron chi connectivity index (χ2n) is 3.36. The van der Waals surface area contributed by atoms with Crippen LogP contribution in [0.5, 0.6) is 0 Å². The molecule has 0 amide bonds. The van der Waals surface area contributed by atoms with E-state index in [4.69, 9.17) is 0 Å². The van der Waals surface area contributed by atoms with Crippen LogP contribution in [0.25, 0.3) is 0 Å². The smallest absolute Gasteiger partial charge is 0.123 e. The van der Waals surface area contributed by atoms with Gasteiger partial charge in [-0.2, -0.15) is 11.8 Å². The number of halogens is 1. The molecule has 1 N–H and O–H groups in total. The van der Waals surface area contributed by atoms with Gasteiger partial charge in [-0.05, 0) is 30.9 Å². The standard InChI is InChI=1S/C11H16FNS/c1-9(8-14-2)13-7-10-3-5-11(12)6-4-10/h3-6,9,13H,7-8H2,1-2H3. The van der Waals surface area contributed by atoms with Crippen LogP contribution in [0.3, 0.4) is 0 Å². The average Bonchev–Trinajstić information content (AvgIpc) is 2.17. The van der Waals surface area contributed by atoms with Gasteiger partial charge in [0.2, 0.25) is 0 Å². The van der Waals surface area contributed by atoms with Crippen LogP contribution in [0.4, 0.5) is 4.39 Å². The van der Waals surface area contributed by atoms with E-state index < -0.39 is 0 Å². The minimum absolute atomic E-state index is 0.175. The van der Waals surface area contributed by atoms with E-state index in [1.807, 2.05) is 23.9 Å². The van der Waals surface area contributed by atoms with Gasteiger partial charge < -0.3 is 5.32 Å². The van der Waals surface area contributed by atoms with Gasteiger partial charge in [0, 0.05) is 18.3 Å². The minimum Gasteiger partial charge on any atom is -0.309 e. The molecule has 1 rings (SSSR count). The zero-order chi connectivity index (χ0) is 10.4. The molecular weight excluding hydrogens is 197 g/mol. The Morgan fingerprint density at radius 3 is 2.57 bits per heavy atom. The first-order valence-corrected chi connectivity index (χ1v) is 6.08. The molecule has 0 saturated heterocycles. The lowest BCUT2D eigenvalue weighted by atomic mass is 10.2. The summed E-state index contributed by atoms with van der Waals surface area (Å²) in [5, 5.41) is 3.38. The van der Waals surface area contributed by atoms with Gasteiger partial charge in [-0.15, -0.1) is 0 Å². The Morgan fingerprint density at radius 1 is 1.36 bits per heavy atom. The lowest BCUT2D eigenvalue weighted by molar-refractivity contribution is 0.593. The number of nitrogens with one attached hydrogen (secondary N) is 1. The summed E-state index contributed by atoms with van der Waals surface area (Å²) < 4.78 is 12.6. The van der Waals surface area contributed by atoms with Crippen LogP contribution in [-0.2, 0) is 6.54 Å². The van der Waals surface area contributed by atoms with E-state index in [0.29, 0.717) is 6.04 Å². The van der Waals surface area contributed by atoms with Crippen LogP contribution < -0.4 is 5.32 Å². The Hall–Kier alpha value is -0.540. The second kappa shape index (κ2) is 6.04. The van der Waals surface area contributed by atoms with Crippen LogP contribution in [0.1, 0.15) is 12.5 Å². The summed E-state index contributed by atoms with van der Waals surface area (Å²) in [6.45, 7) is 2.96. The highest BCUT2D eigenvalue weighted by atomic mass is 32.2. The molecule has 0 fully saturated rings. The predicted molar refractivity (Wildman–Crippen MR) is 61.1 cm³/mol. The number of rotatable bonds is 5. The molecule has 0 saturated carbocycles. The zero-order valence-electron chi connectivity index (χ0n) is 8.59. The maximum atomic E-state index is 12.6. The van der Waals surface area contributed by atoms with E-state index in [1.54, 1.807) is 0 Å². The van der Waals surface area contributed by atoms with Crippen molar-refractivity contribution in [2.24, 2.45) is 0 Å². The molecule has 3 heteroatoms. The summed E-state index contributed by atoms with van der Waals surface area (Å²) in [6, 6.07) is 7.12. The lowest BCUT2D eigenvalue weighted by Crippen LogP contribution is -2.27. The fourth-order valence-corrected chi connectivity index (χ4v) is 1.82. The molecule has 1 nitrogen and oxygen atoms in total. The van der Waals surface area contributed by atoms with Gasteiger partial charge in [0.25, 0.3) is 0 Å². The normalized spacial score (nSPS) is 12.8. The molecule has 0 aliphatic carbocycles. The third kappa shape index (κ3) is 4.11. The van der Waals surface area contributed by atoms with E-state index in [0.717, 1.165) is 17.9 Å². The third-order valence-electron chi connectivity index (χ3n) is 1.98. The zero-order valence-corrected chi connectivity index (χ0v) is 9.40. The Kier molecular flexibility index (Phi) is 4.98. The van der Waals surface area contributed by atoms with Crippen molar-refractivity contribution in [2.45, 2.75) is 19.5 Å². The number of benzene rings is 1. The molecule has 78 valence electrons. The number of thioether (sulfide) groups is 1. The summed E-state index contributed by atoms with van der Waals surface area (Å²) in [7, 11) is 0. The van der Waals surface area contributed by atoms with Gasteiger partial charge in [0.05, 0.1) is 0 Å². The van der Waals surface area contributed by atoms with E-state index in [1.165, 1.54) is 12.1 Å². The van der Waals surface area contributed by atoms with Crippen molar-refractivity contribution in [1.82, 2.24) is 5.32 Å². The van der Waals surface area contributed by atoms with Crippen molar-refractivity contribution in [3.8, 4) is 0 Å². The third-order valence-corrected chi connectivity index (χ3v) is 2.82. The van der Waals surface area contributed by atoms with Crippen LogP contribution in [-0.4, -0.2) is 18.1 Å². The Labute approximate surface area is 89.1 Å². The molecule has 0 bridgehead atoms. The molecule has 0 radical (unpaired) electrons. The van der Waals surface area contributed by atoms with E-state index in [9.17, 15) is 4.39 Å². The summed E-state index contributed by atoms with van der Waals surface area (Å²) in [5.41, 5.74) is 1.12. The van der Waals surface area contributed by atoms with Gasteiger partial charge in [-0.1, -0.05) is 12.1 Å². The second-order valence-corrected chi connectivity index (χ2v) is 4.27. The van der Waals surface area contributed by atoms with E-state index >= 15 is 0 Å². The van der Waals surface area contributed by atoms with Crippen molar-refractivity contribution >= 4 is 11.8 Å². The first-order valence-electron chi connectivity index (χ1n) is 4.69. The first-order chi connectivity index (χ1) is 6.72. The van der Waals surface area contributed by atoms with Gasteiger partial charge >= 0.3 is 0 Å². The molecule has 0 aliphatic heterocycles. The summed E-state index contributed by atoms with van der Waals surface area (Å²) >= 11 is 1.82. The highest BCUT2D eigenvalue weighted by Gasteiger charge is 1.99. The summed E-state index contributed by atoms with van der Waals surface area (Å²) in [4.78, 5) is 0. The molecular formula is C11H16FNS. The number of hydrogen-bond donors (Lipinski definition) is 1. The lowest BCUT2D eigenvalue weighted by Gasteiger charge is -2.11. The first kappa shape index (κ1) is 11.5. The molecule has 0 aromatic heterocycles. The van der Waals surface area contributed by atoms with Gasteiger partial charge in [0.1, 0.15) is 5.82 Å². The molecule has 1 aromatic carbocycles. The largest absolute Gasteiger partial charge is 0.309 e. The fraction of sp³-hybridized carbons (Fsp3) is 0.455. The monoisotopic (exact) mass is 213 g/mol. The van der Waals surface area contributed by atoms with Gasteiger partial charge in [-0.25, -0.2) is 4.39 Å². The fourth-order valence-electron chi connectivity index (χ4n) is 1.20. The molecule has 1 unspecified atom stereocenters. The molecule has 0 aliphatic rings. The molecule has 0 heterocycles. The van der Waals surface area contributed by atoms with Crippen LogP contribution >= 0.6 is 11.8 Å². The Balaban J connectivity index is 2.34. The molecule has 14 heavy (non-hydrogen) atoms. The van der Waals surface area contributed by atoms with E-state index in [2.05, 4.69) is 18.5 Å². The minimum atomic E-state index is -0.175. The van der Waals surface area contributed by atoms with Gasteiger partial charge in [0.15, 0.2) is 0 Å². The maximum Gasteiger partial charge on any atom is 0.123 e. The van der Waals surface area contributed by atoms with Crippen molar-refractivity contribution < 1.29 is 4.39 Å². The van der Waals surface area contributed by atoms with Crippen LogP contribution in [0.15, 0.2) is 24.3 Å². The van der Waals surface area contributed by atoms with Gasteiger partial charge in [-0.3, -0.25) is 0 Å². The highest BCUT2D eigenvalue weighted by molar-refractivity contribution is 7.98. The number of hydrogen-bond acceptors (Lipinski definition) is 2. The van der Waals surface area contributed by atoms with E-state index in [-0.39, 0.29) is 5.82 Å². The average molecular weight is 213 g/mol. The topological polar surface area (TPSA) is 12.0 Å². The summed E-state index contributed by atoms with van der Waals surface area (Å²) in [5.74, 6) is 0.923. The van der Waals surface area contributed by atoms with Crippen molar-refractivity contribution in [3.63, 3.8) is 0 Å². The molecule has 1 atom stereocenters. The summed E-state index contributed by atoms with van der Waals surface area (Å²) in [6.07, 6.45) is 2.09. The maximum absolute atomic E-state index is 12.6. The Bertz CT molecular complexity index is 260. The van der Waals surface area contributed by atoms with Crippen molar-refractivity contribution in [1.29, 1.82) is 0 Å². The van der Waals surface area contributed by atoms with Crippen molar-refractivity contribution in [2.75, 3.05) is 12.0 Å². The highest BCUT2D eigenvalue weighted by Crippen LogP contribution is 2.03.